The van der Waals surface area contributed by atoms with Crippen molar-refractivity contribution in [2.24, 2.45) is 0 Å². The molecule has 108 valence electrons. The quantitative estimate of drug-likeness (QED) is 0.882. The lowest BCUT2D eigenvalue weighted by Crippen LogP contribution is -2.07. The number of nitrogens with one attached hydrogen (secondary N) is 1. The van der Waals surface area contributed by atoms with Gasteiger partial charge in [-0.15, -0.1) is 11.3 Å². The number of benzene rings is 1. The Balaban J connectivity index is 1.67. The molecule has 0 atom stereocenters. The number of thiophene rings is 1. The number of anilines is 1. The minimum atomic E-state index is -0.169. The van der Waals surface area contributed by atoms with Crippen molar-refractivity contribution < 1.29 is 14.3 Å². The Kier molecular flexibility index (Phi) is 4.21. The molecule has 3 rings (SSSR count). The highest BCUT2D eigenvalue weighted by Gasteiger charge is 2.11. The van der Waals surface area contributed by atoms with Gasteiger partial charge in [0.05, 0.1) is 13.2 Å². The lowest BCUT2D eigenvalue weighted by atomic mass is 10.2. The van der Waals surface area contributed by atoms with Crippen LogP contribution < -0.4 is 14.8 Å². The van der Waals surface area contributed by atoms with E-state index < -0.39 is 0 Å². The predicted molar refractivity (Wildman–Crippen MR) is 84.0 cm³/mol. The predicted octanol–water partition coefficient (Wildman–Crippen LogP) is 3.56. The van der Waals surface area contributed by atoms with Crippen LogP contribution in [0, 0.1) is 0 Å². The molecule has 2 aromatic rings. The summed E-state index contributed by atoms with van der Waals surface area (Å²) in [4.78, 5) is 12.9. The monoisotopic (exact) mass is 301 g/mol. The highest BCUT2D eigenvalue weighted by molar-refractivity contribution is 7.10. The van der Waals surface area contributed by atoms with Gasteiger partial charge in [0.1, 0.15) is 0 Å². The average molecular weight is 301 g/mol. The lowest BCUT2D eigenvalue weighted by molar-refractivity contribution is -0.111. The second-order valence-electron chi connectivity index (χ2n) is 4.55. The molecule has 5 heteroatoms. The number of hydrogen-bond acceptors (Lipinski definition) is 4. The van der Waals surface area contributed by atoms with Crippen LogP contribution in [0.25, 0.3) is 6.08 Å². The topological polar surface area (TPSA) is 47.6 Å². The summed E-state index contributed by atoms with van der Waals surface area (Å²) in [5.74, 6) is 1.23. The Labute approximate surface area is 127 Å². The van der Waals surface area contributed by atoms with Crippen LogP contribution in [-0.4, -0.2) is 19.1 Å². The molecule has 0 bridgehead atoms. The largest absolute Gasteiger partial charge is 0.490 e. The van der Waals surface area contributed by atoms with E-state index in [1.807, 2.05) is 29.6 Å². The van der Waals surface area contributed by atoms with E-state index in [0.717, 1.165) is 17.0 Å². The van der Waals surface area contributed by atoms with Gasteiger partial charge < -0.3 is 14.8 Å². The Morgan fingerprint density at radius 2 is 2.05 bits per heavy atom. The van der Waals surface area contributed by atoms with E-state index in [9.17, 15) is 4.79 Å². The van der Waals surface area contributed by atoms with Crippen molar-refractivity contribution in [3.8, 4) is 11.5 Å². The van der Waals surface area contributed by atoms with Crippen LogP contribution in [0.4, 0.5) is 5.69 Å². The molecule has 1 aliphatic heterocycles. The third kappa shape index (κ3) is 3.64. The fourth-order valence-electron chi connectivity index (χ4n) is 1.97. The van der Waals surface area contributed by atoms with E-state index in [1.54, 1.807) is 23.5 Å². The zero-order valence-electron chi connectivity index (χ0n) is 11.4. The van der Waals surface area contributed by atoms with Crippen LogP contribution in [0.5, 0.6) is 11.5 Å². The molecular weight excluding hydrogens is 286 g/mol. The molecular formula is C16H15NO3S. The molecule has 1 aromatic heterocycles. The molecule has 0 saturated carbocycles. The first-order valence-corrected chi connectivity index (χ1v) is 7.61. The molecule has 2 heterocycles. The van der Waals surface area contributed by atoms with Crippen LogP contribution in [0.1, 0.15) is 11.3 Å². The van der Waals surface area contributed by atoms with Crippen molar-refractivity contribution >= 4 is 29.0 Å². The van der Waals surface area contributed by atoms with Crippen molar-refractivity contribution in [3.63, 3.8) is 0 Å². The zero-order valence-corrected chi connectivity index (χ0v) is 12.2. The summed E-state index contributed by atoms with van der Waals surface area (Å²) >= 11 is 1.59. The molecule has 1 aliphatic rings. The van der Waals surface area contributed by atoms with E-state index in [-0.39, 0.29) is 5.91 Å². The first-order chi connectivity index (χ1) is 10.3. The fourth-order valence-corrected chi connectivity index (χ4v) is 2.59. The van der Waals surface area contributed by atoms with Crippen molar-refractivity contribution in [1.82, 2.24) is 0 Å². The summed E-state index contributed by atoms with van der Waals surface area (Å²) < 4.78 is 11.2. The van der Waals surface area contributed by atoms with Gasteiger partial charge in [-0.25, -0.2) is 0 Å². The Bertz CT molecular complexity index is 650. The Morgan fingerprint density at radius 1 is 1.19 bits per heavy atom. The molecule has 0 unspecified atom stereocenters. The maximum Gasteiger partial charge on any atom is 0.248 e. The highest BCUT2D eigenvalue weighted by atomic mass is 32.1. The minimum Gasteiger partial charge on any atom is -0.490 e. The third-order valence-electron chi connectivity index (χ3n) is 2.96. The van der Waals surface area contributed by atoms with Crippen LogP contribution in [0.2, 0.25) is 0 Å². The van der Waals surface area contributed by atoms with Crippen molar-refractivity contribution in [1.29, 1.82) is 0 Å². The maximum absolute atomic E-state index is 11.9. The molecule has 21 heavy (non-hydrogen) atoms. The van der Waals surface area contributed by atoms with Gasteiger partial charge in [0.15, 0.2) is 11.5 Å². The van der Waals surface area contributed by atoms with Crippen LogP contribution in [-0.2, 0) is 4.79 Å². The molecule has 1 amide bonds. The van der Waals surface area contributed by atoms with Gasteiger partial charge in [-0.1, -0.05) is 6.07 Å². The second kappa shape index (κ2) is 6.45. The van der Waals surface area contributed by atoms with Gasteiger partial charge in [0.2, 0.25) is 5.91 Å². The van der Waals surface area contributed by atoms with E-state index in [0.29, 0.717) is 24.7 Å². The minimum absolute atomic E-state index is 0.169. The van der Waals surface area contributed by atoms with Crippen LogP contribution in [0.3, 0.4) is 0 Å². The number of hydrogen-bond donors (Lipinski definition) is 1. The lowest BCUT2D eigenvalue weighted by Gasteiger charge is -2.09. The number of fused-ring (bicyclic) bond motifs is 1. The second-order valence-corrected chi connectivity index (χ2v) is 5.53. The van der Waals surface area contributed by atoms with Crippen LogP contribution in [0.15, 0.2) is 41.8 Å². The highest BCUT2D eigenvalue weighted by Crippen LogP contribution is 2.32. The number of amides is 1. The summed E-state index contributed by atoms with van der Waals surface area (Å²) in [5, 5.41) is 4.79. The Morgan fingerprint density at radius 3 is 2.86 bits per heavy atom. The first kappa shape index (κ1) is 13.7. The molecule has 0 saturated heterocycles. The number of carbonyl (C=O) groups excluding carboxylic acids is 1. The normalized spacial score (nSPS) is 13.9. The van der Waals surface area contributed by atoms with E-state index in [1.165, 1.54) is 6.08 Å². The van der Waals surface area contributed by atoms with Gasteiger partial charge >= 0.3 is 0 Å². The van der Waals surface area contributed by atoms with Gasteiger partial charge in [-0.2, -0.15) is 0 Å². The molecule has 0 spiro atoms. The van der Waals surface area contributed by atoms with Gasteiger partial charge in [-0.05, 0) is 29.7 Å². The molecule has 1 N–H and O–H groups in total. The third-order valence-corrected chi connectivity index (χ3v) is 3.79. The number of rotatable bonds is 3. The summed E-state index contributed by atoms with van der Waals surface area (Å²) in [7, 11) is 0. The number of ether oxygens (including phenoxy) is 2. The standard InChI is InChI=1S/C16H15NO3S/c18-16(7-5-13-3-1-10-21-13)17-12-4-6-14-15(11-12)20-9-2-8-19-14/h1,3-7,10-11H,2,8-9H2,(H,17,18)/b7-5+. The summed E-state index contributed by atoms with van der Waals surface area (Å²) in [6.07, 6.45) is 4.18. The number of carbonyl (C=O) groups is 1. The van der Waals surface area contributed by atoms with Gasteiger partial charge in [0.25, 0.3) is 0 Å². The summed E-state index contributed by atoms with van der Waals surface area (Å²) in [5.41, 5.74) is 0.695. The summed E-state index contributed by atoms with van der Waals surface area (Å²) in [6.45, 7) is 1.28. The first-order valence-electron chi connectivity index (χ1n) is 6.73. The van der Waals surface area contributed by atoms with Gasteiger partial charge in [0, 0.05) is 29.1 Å². The SMILES string of the molecule is O=C(/C=C/c1cccs1)Nc1ccc2c(c1)OCCCO2. The van der Waals surface area contributed by atoms with E-state index in [2.05, 4.69) is 5.32 Å². The van der Waals surface area contributed by atoms with E-state index in [4.69, 9.17) is 9.47 Å². The van der Waals surface area contributed by atoms with Crippen molar-refractivity contribution in [3.05, 3.63) is 46.7 Å². The fraction of sp³-hybridized carbons (Fsp3) is 0.188. The van der Waals surface area contributed by atoms with Gasteiger partial charge in [-0.3, -0.25) is 4.79 Å². The summed E-state index contributed by atoms with van der Waals surface area (Å²) in [6, 6.07) is 9.33. The molecule has 0 fully saturated rings. The van der Waals surface area contributed by atoms with Crippen LogP contribution >= 0.6 is 11.3 Å². The zero-order chi connectivity index (χ0) is 14.5. The average Bonchev–Trinajstić information content (AvgIpc) is 2.90. The van der Waals surface area contributed by atoms with E-state index >= 15 is 0 Å². The Hall–Kier alpha value is -2.27. The van der Waals surface area contributed by atoms with Crippen molar-refractivity contribution in [2.45, 2.75) is 6.42 Å². The molecule has 0 radical (unpaired) electrons. The molecule has 0 aliphatic carbocycles. The molecule has 1 aromatic carbocycles. The molecule has 4 nitrogen and oxygen atoms in total. The smallest absolute Gasteiger partial charge is 0.248 e. The van der Waals surface area contributed by atoms with Crippen molar-refractivity contribution in [2.75, 3.05) is 18.5 Å². The maximum atomic E-state index is 11.9.